The van der Waals surface area contributed by atoms with E-state index in [1.165, 1.54) is 18.6 Å². The van der Waals surface area contributed by atoms with Crippen LogP contribution in [0.4, 0.5) is 14.9 Å². The average Bonchev–Trinajstić information content (AvgIpc) is 2.83. The highest BCUT2D eigenvalue weighted by atomic mass is 19.1. The van der Waals surface area contributed by atoms with E-state index in [2.05, 4.69) is 20.9 Å². The quantitative estimate of drug-likeness (QED) is 0.506. The highest BCUT2D eigenvalue weighted by Gasteiger charge is 2.24. The molecule has 2 fully saturated rings. The topological polar surface area (TPSA) is 93.8 Å². The minimum atomic E-state index is -0.636. The molecule has 2 aromatic carbocycles. The van der Waals surface area contributed by atoms with Gasteiger partial charge in [-0.2, -0.15) is 0 Å². The molecule has 3 N–H and O–H groups in total. The van der Waals surface area contributed by atoms with Crippen molar-refractivity contribution in [3.05, 3.63) is 65.0 Å². The number of nitrogens with one attached hydrogen (secondary N) is 3. The van der Waals surface area contributed by atoms with Gasteiger partial charge in [0.2, 0.25) is 0 Å². The number of carbonyl (C=O) groups is 3. The number of piperazine rings is 1. The maximum absolute atomic E-state index is 14.6. The van der Waals surface area contributed by atoms with Crippen molar-refractivity contribution in [1.29, 1.82) is 0 Å². The van der Waals surface area contributed by atoms with Gasteiger partial charge in [-0.25, -0.2) is 9.18 Å². The molecule has 1 aliphatic heterocycles. The Morgan fingerprint density at radius 1 is 0.974 bits per heavy atom. The molecular weight excluding hydrogens is 485 g/mol. The molecule has 8 nitrogen and oxygen atoms in total. The molecule has 0 unspecified atom stereocenters. The summed E-state index contributed by atoms with van der Waals surface area (Å²) < 4.78 is 14.6. The Balaban J connectivity index is 1.27. The smallest absolute Gasteiger partial charge is 0.319 e. The van der Waals surface area contributed by atoms with Crippen LogP contribution in [-0.2, 0) is 6.54 Å². The van der Waals surface area contributed by atoms with Crippen molar-refractivity contribution in [3.8, 4) is 0 Å². The molecule has 204 valence electrons. The fraction of sp³-hybridized carbons (Fsp3) is 0.483. The Hall–Kier alpha value is -3.46. The molecule has 2 aliphatic rings. The zero-order chi connectivity index (χ0) is 27.3. The molecule has 4 rings (SSSR count). The Bertz CT molecular complexity index is 1170. The molecule has 0 radical (unpaired) electrons. The Labute approximate surface area is 224 Å². The first-order valence-corrected chi connectivity index (χ1v) is 13.3. The standard InChI is InChI=1S/C29H38FN5O3/c1-29(2,3)33-26(36)22-9-5-8-21(16-22)19-34-12-14-35(15-13-34)27(37)23-10-11-25(24(30)17-23)32-28(38)31-18-20-6-4-7-20/h5,8-11,16-17,20H,4,6-7,12-15,18-19H2,1-3H3,(H,33,36)(H2,31,32,38). The second kappa shape index (κ2) is 11.9. The van der Waals surface area contributed by atoms with Crippen molar-refractivity contribution in [2.24, 2.45) is 5.92 Å². The van der Waals surface area contributed by atoms with Gasteiger partial charge in [0.1, 0.15) is 5.82 Å². The van der Waals surface area contributed by atoms with Crippen molar-refractivity contribution in [2.45, 2.75) is 52.1 Å². The van der Waals surface area contributed by atoms with E-state index in [0.717, 1.165) is 18.4 Å². The van der Waals surface area contributed by atoms with E-state index >= 15 is 0 Å². The van der Waals surface area contributed by atoms with Gasteiger partial charge in [-0.3, -0.25) is 14.5 Å². The van der Waals surface area contributed by atoms with Crippen LogP contribution in [0.1, 0.15) is 66.3 Å². The fourth-order valence-electron chi connectivity index (χ4n) is 4.62. The molecule has 9 heteroatoms. The third-order valence-corrected chi connectivity index (χ3v) is 6.98. The lowest BCUT2D eigenvalue weighted by Crippen LogP contribution is -2.48. The fourth-order valence-corrected chi connectivity index (χ4v) is 4.62. The van der Waals surface area contributed by atoms with E-state index in [9.17, 15) is 18.8 Å². The van der Waals surface area contributed by atoms with Crippen LogP contribution in [0.3, 0.4) is 0 Å². The van der Waals surface area contributed by atoms with Crippen LogP contribution in [-0.4, -0.2) is 65.9 Å². The minimum Gasteiger partial charge on any atom is -0.347 e. The molecular formula is C29H38FN5O3. The van der Waals surface area contributed by atoms with Gasteiger partial charge in [0.25, 0.3) is 11.8 Å². The number of halogens is 1. The van der Waals surface area contributed by atoms with Crippen LogP contribution in [0.5, 0.6) is 0 Å². The molecule has 1 aliphatic carbocycles. The summed E-state index contributed by atoms with van der Waals surface area (Å²) in [5.41, 5.74) is 1.67. The van der Waals surface area contributed by atoms with E-state index in [-0.39, 0.29) is 28.6 Å². The van der Waals surface area contributed by atoms with Crippen molar-refractivity contribution in [2.75, 3.05) is 38.0 Å². The van der Waals surface area contributed by atoms with Crippen molar-refractivity contribution < 1.29 is 18.8 Å². The third kappa shape index (κ3) is 7.54. The Morgan fingerprint density at radius 2 is 1.71 bits per heavy atom. The number of benzene rings is 2. The van der Waals surface area contributed by atoms with Crippen LogP contribution >= 0.6 is 0 Å². The van der Waals surface area contributed by atoms with Gasteiger partial charge in [-0.1, -0.05) is 18.6 Å². The van der Waals surface area contributed by atoms with Crippen LogP contribution in [0, 0.1) is 11.7 Å². The largest absolute Gasteiger partial charge is 0.347 e. The molecule has 2 aromatic rings. The van der Waals surface area contributed by atoms with Gasteiger partial charge in [-0.15, -0.1) is 0 Å². The lowest BCUT2D eigenvalue weighted by Gasteiger charge is -2.35. The second-order valence-corrected chi connectivity index (χ2v) is 11.3. The first-order chi connectivity index (χ1) is 18.1. The summed E-state index contributed by atoms with van der Waals surface area (Å²) in [6.07, 6.45) is 3.42. The number of nitrogens with zero attached hydrogens (tertiary/aromatic N) is 2. The summed E-state index contributed by atoms with van der Waals surface area (Å²) in [6.45, 7) is 9.51. The van der Waals surface area contributed by atoms with E-state index in [4.69, 9.17) is 0 Å². The molecule has 1 saturated carbocycles. The number of amides is 4. The third-order valence-electron chi connectivity index (χ3n) is 6.98. The van der Waals surface area contributed by atoms with Gasteiger partial charge >= 0.3 is 6.03 Å². The van der Waals surface area contributed by atoms with Gasteiger partial charge < -0.3 is 20.9 Å². The van der Waals surface area contributed by atoms with Gasteiger partial charge in [0.05, 0.1) is 5.69 Å². The number of hydrogen-bond donors (Lipinski definition) is 3. The normalized spacial score (nSPS) is 16.5. The van der Waals surface area contributed by atoms with Gasteiger partial charge in [0, 0.05) is 55.9 Å². The van der Waals surface area contributed by atoms with Crippen molar-refractivity contribution in [3.63, 3.8) is 0 Å². The maximum atomic E-state index is 14.6. The van der Waals surface area contributed by atoms with Crippen LogP contribution < -0.4 is 16.0 Å². The Kier molecular flexibility index (Phi) is 8.66. The molecule has 0 spiro atoms. The molecule has 0 aromatic heterocycles. The van der Waals surface area contributed by atoms with E-state index in [1.807, 2.05) is 45.0 Å². The van der Waals surface area contributed by atoms with E-state index in [1.54, 1.807) is 11.0 Å². The number of hydrogen-bond acceptors (Lipinski definition) is 4. The summed E-state index contributed by atoms with van der Waals surface area (Å²) >= 11 is 0. The predicted octanol–water partition coefficient (Wildman–Crippen LogP) is 4.23. The minimum absolute atomic E-state index is 0.0518. The van der Waals surface area contributed by atoms with Gasteiger partial charge in [0.15, 0.2) is 0 Å². The van der Waals surface area contributed by atoms with E-state index in [0.29, 0.717) is 50.7 Å². The Morgan fingerprint density at radius 3 is 2.34 bits per heavy atom. The summed E-state index contributed by atoms with van der Waals surface area (Å²) in [6, 6.07) is 11.3. The zero-order valence-electron chi connectivity index (χ0n) is 22.5. The molecule has 0 bridgehead atoms. The predicted molar refractivity (Wildman–Crippen MR) is 146 cm³/mol. The summed E-state index contributed by atoms with van der Waals surface area (Å²) in [5, 5.41) is 8.28. The second-order valence-electron chi connectivity index (χ2n) is 11.3. The zero-order valence-corrected chi connectivity index (χ0v) is 22.5. The van der Waals surface area contributed by atoms with Crippen LogP contribution in [0.15, 0.2) is 42.5 Å². The highest BCUT2D eigenvalue weighted by molar-refractivity contribution is 5.96. The van der Waals surface area contributed by atoms with Gasteiger partial charge in [-0.05, 0) is 75.4 Å². The summed E-state index contributed by atoms with van der Waals surface area (Å²) in [5.74, 6) is -0.456. The number of rotatable bonds is 7. The van der Waals surface area contributed by atoms with Crippen LogP contribution in [0.2, 0.25) is 0 Å². The average molecular weight is 524 g/mol. The van der Waals surface area contributed by atoms with Crippen molar-refractivity contribution >= 4 is 23.5 Å². The first-order valence-electron chi connectivity index (χ1n) is 13.3. The molecule has 0 atom stereocenters. The summed E-state index contributed by atoms with van der Waals surface area (Å²) in [4.78, 5) is 41.5. The van der Waals surface area contributed by atoms with Crippen molar-refractivity contribution in [1.82, 2.24) is 20.4 Å². The summed E-state index contributed by atoms with van der Waals surface area (Å²) in [7, 11) is 0. The van der Waals surface area contributed by atoms with E-state index < -0.39 is 11.8 Å². The molecule has 38 heavy (non-hydrogen) atoms. The monoisotopic (exact) mass is 523 g/mol. The molecule has 4 amide bonds. The lowest BCUT2D eigenvalue weighted by atomic mass is 9.85. The highest BCUT2D eigenvalue weighted by Crippen LogP contribution is 2.25. The number of urea groups is 1. The SMILES string of the molecule is CC(C)(C)NC(=O)c1cccc(CN2CCN(C(=O)c3ccc(NC(=O)NCC4CCC4)c(F)c3)CC2)c1. The van der Waals surface area contributed by atoms with Crippen LogP contribution in [0.25, 0.3) is 0 Å². The molecule has 1 saturated heterocycles. The number of anilines is 1. The number of carbonyl (C=O) groups excluding carboxylic acids is 3. The first kappa shape index (κ1) is 27.6. The maximum Gasteiger partial charge on any atom is 0.319 e. The lowest BCUT2D eigenvalue weighted by molar-refractivity contribution is 0.0627. The molecule has 1 heterocycles.